The van der Waals surface area contributed by atoms with Crippen LogP contribution in [-0.4, -0.2) is 33.1 Å². The third kappa shape index (κ3) is 3.60. The van der Waals surface area contributed by atoms with Gasteiger partial charge in [-0.1, -0.05) is 42.1 Å². The number of ether oxygens (including phenoxy) is 1. The van der Waals surface area contributed by atoms with E-state index in [0.717, 1.165) is 23.9 Å². The van der Waals surface area contributed by atoms with Crippen molar-refractivity contribution in [3.63, 3.8) is 0 Å². The van der Waals surface area contributed by atoms with Crippen LogP contribution in [0.1, 0.15) is 6.92 Å². The maximum absolute atomic E-state index is 14.4. The van der Waals surface area contributed by atoms with Crippen LogP contribution in [-0.2, 0) is 9.53 Å². The zero-order valence-corrected chi connectivity index (χ0v) is 14.8. The lowest BCUT2D eigenvalue weighted by Crippen LogP contribution is -2.15. The number of aromatic nitrogens is 3. The van der Waals surface area contributed by atoms with Crippen LogP contribution in [0, 0.1) is 11.6 Å². The fraction of sp³-hybridized carbons (Fsp3) is 0.167. The molecule has 0 amide bonds. The molecular weight excluding hydrogens is 360 g/mol. The van der Waals surface area contributed by atoms with Gasteiger partial charge < -0.3 is 4.74 Å². The molecular formula is C18H15F2N3O2S. The predicted molar refractivity (Wildman–Crippen MR) is 94.0 cm³/mol. The number of hydrogen-bond acceptors (Lipinski definition) is 5. The molecule has 1 aromatic heterocycles. The number of carbonyl (C=O) groups excluding carboxylic acids is 1. The summed E-state index contributed by atoms with van der Waals surface area (Å²) in [6.45, 7) is 1.65. The first-order valence-electron chi connectivity index (χ1n) is 7.72. The maximum atomic E-state index is 14.4. The van der Waals surface area contributed by atoms with Crippen molar-refractivity contribution in [1.82, 2.24) is 14.8 Å². The van der Waals surface area contributed by atoms with Gasteiger partial charge in [0, 0.05) is 11.6 Å². The van der Waals surface area contributed by atoms with Gasteiger partial charge in [0.25, 0.3) is 0 Å². The van der Waals surface area contributed by atoms with E-state index in [4.69, 9.17) is 4.74 Å². The van der Waals surface area contributed by atoms with Gasteiger partial charge in [0.2, 0.25) is 0 Å². The van der Waals surface area contributed by atoms with Crippen LogP contribution in [0.4, 0.5) is 8.78 Å². The number of esters is 1. The van der Waals surface area contributed by atoms with Gasteiger partial charge in [0.05, 0.1) is 12.8 Å². The first-order chi connectivity index (χ1) is 12.5. The van der Waals surface area contributed by atoms with Crippen LogP contribution in [0.15, 0.2) is 53.7 Å². The van der Waals surface area contributed by atoms with Crippen LogP contribution in [0.3, 0.4) is 0 Å². The Balaban J connectivity index is 2.14. The molecule has 0 fully saturated rings. The quantitative estimate of drug-likeness (QED) is 0.501. The molecule has 0 aliphatic rings. The third-order valence-corrected chi connectivity index (χ3v) is 4.65. The monoisotopic (exact) mass is 375 g/mol. The summed E-state index contributed by atoms with van der Waals surface area (Å²) in [6, 6.07) is 12.4. The molecule has 0 N–H and O–H groups in total. The topological polar surface area (TPSA) is 57.0 Å². The van der Waals surface area contributed by atoms with Crippen LogP contribution in [0.5, 0.6) is 0 Å². The Morgan fingerprint density at radius 1 is 1.15 bits per heavy atom. The number of benzene rings is 2. The highest BCUT2D eigenvalue weighted by atomic mass is 32.2. The fourth-order valence-corrected chi connectivity index (χ4v) is 3.26. The molecule has 0 aliphatic carbocycles. The van der Waals surface area contributed by atoms with E-state index < -0.39 is 22.9 Å². The van der Waals surface area contributed by atoms with Crippen molar-refractivity contribution in [3.8, 4) is 17.1 Å². The number of carbonyl (C=O) groups is 1. The summed E-state index contributed by atoms with van der Waals surface area (Å²) in [5, 5.41) is 7.97. The number of halogens is 2. The Morgan fingerprint density at radius 3 is 2.54 bits per heavy atom. The third-order valence-electron chi connectivity index (χ3n) is 3.63. The highest BCUT2D eigenvalue weighted by molar-refractivity contribution is 8.00. The van der Waals surface area contributed by atoms with E-state index in [2.05, 4.69) is 10.2 Å². The molecule has 0 radical (unpaired) electrons. The van der Waals surface area contributed by atoms with Crippen LogP contribution in [0.25, 0.3) is 17.1 Å². The lowest BCUT2D eigenvalue weighted by molar-refractivity contribution is -0.139. The number of nitrogens with zero attached hydrogens (tertiary/aromatic N) is 3. The summed E-state index contributed by atoms with van der Waals surface area (Å²) < 4.78 is 33.9. The first-order valence-corrected chi connectivity index (χ1v) is 8.60. The Labute approximate surface area is 153 Å². The summed E-state index contributed by atoms with van der Waals surface area (Å²) in [4.78, 5) is 11.7. The van der Waals surface area contributed by atoms with Gasteiger partial charge in [0.15, 0.2) is 11.0 Å². The first kappa shape index (κ1) is 18.1. The molecule has 134 valence electrons. The number of rotatable bonds is 5. The van der Waals surface area contributed by atoms with Crippen molar-refractivity contribution >= 4 is 17.7 Å². The van der Waals surface area contributed by atoms with E-state index in [1.165, 1.54) is 17.7 Å². The number of methoxy groups -OCH3 is 1. The van der Waals surface area contributed by atoms with E-state index in [0.29, 0.717) is 16.5 Å². The van der Waals surface area contributed by atoms with Gasteiger partial charge in [-0.15, -0.1) is 10.2 Å². The second kappa shape index (κ2) is 7.65. The highest BCUT2D eigenvalue weighted by Crippen LogP contribution is 2.31. The molecule has 0 saturated heterocycles. The van der Waals surface area contributed by atoms with Gasteiger partial charge in [-0.3, -0.25) is 9.36 Å². The van der Waals surface area contributed by atoms with Gasteiger partial charge in [0.1, 0.15) is 16.9 Å². The van der Waals surface area contributed by atoms with Gasteiger partial charge >= 0.3 is 5.97 Å². The molecule has 1 heterocycles. The average Bonchev–Trinajstić information content (AvgIpc) is 3.05. The summed E-state index contributed by atoms with van der Waals surface area (Å²) in [5.74, 6) is -1.49. The molecule has 8 heteroatoms. The van der Waals surface area contributed by atoms with Crippen molar-refractivity contribution in [2.45, 2.75) is 17.3 Å². The molecule has 5 nitrogen and oxygen atoms in total. The second-order valence-electron chi connectivity index (χ2n) is 5.39. The van der Waals surface area contributed by atoms with Crippen LogP contribution >= 0.6 is 11.8 Å². The van der Waals surface area contributed by atoms with E-state index in [-0.39, 0.29) is 5.69 Å². The Bertz CT molecular complexity index is 931. The molecule has 2 aromatic carbocycles. The average molecular weight is 375 g/mol. The Hall–Kier alpha value is -2.74. The molecule has 0 saturated carbocycles. The predicted octanol–water partition coefficient (Wildman–Crippen LogP) is 3.87. The molecule has 3 aromatic rings. The molecule has 0 aliphatic heterocycles. The van der Waals surface area contributed by atoms with Crippen molar-refractivity contribution in [3.05, 3.63) is 60.2 Å². The lowest BCUT2D eigenvalue weighted by atomic mass is 10.2. The number of hydrogen-bond donors (Lipinski definition) is 0. The lowest BCUT2D eigenvalue weighted by Gasteiger charge is -2.13. The molecule has 26 heavy (non-hydrogen) atoms. The molecule has 0 unspecified atom stereocenters. The zero-order valence-electron chi connectivity index (χ0n) is 14.0. The SMILES string of the molecule is COC(=O)[C@H](C)Sc1nnc(-c2ccccc2)n1-c1ccc(F)cc1F. The van der Waals surface area contributed by atoms with Crippen molar-refractivity contribution in [2.75, 3.05) is 7.11 Å². The number of thioether (sulfide) groups is 1. The van der Waals surface area contributed by atoms with E-state index in [1.54, 1.807) is 19.1 Å². The largest absolute Gasteiger partial charge is 0.468 e. The summed E-state index contributed by atoms with van der Waals surface area (Å²) >= 11 is 1.08. The summed E-state index contributed by atoms with van der Waals surface area (Å²) in [7, 11) is 1.29. The smallest absolute Gasteiger partial charge is 0.318 e. The van der Waals surface area contributed by atoms with Gasteiger partial charge in [-0.05, 0) is 19.1 Å². The Kier molecular flexibility index (Phi) is 5.32. The van der Waals surface area contributed by atoms with Crippen molar-refractivity contribution < 1.29 is 18.3 Å². The van der Waals surface area contributed by atoms with E-state index in [1.807, 2.05) is 18.2 Å². The van der Waals surface area contributed by atoms with Gasteiger partial charge in [-0.25, -0.2) is 8.78 Å². The fourth-order valence-electron chi connectivity index (χ4n) is 2.37. The van der Waals surface area contributed by atoms with Crippen molar-refractivity contribution in [2.24, 2.45) is 0 Å². The van der Waals surface area contributed by atoms with Crippen LogP contribution < -0.4 is 0 Å². The molecule has 1 atom stereocenters. The van der Waals surface area contributed by atoms with Crippen molar-refractivity contribution in [1.29, 1.82) is 0 Å². The van der Waals surface area contributed by atoms with Crippen LogP contribution in [0.2, 0.25) is 0 Å². The Morgan fingerprint density at radius 2 is 1.88 bits per heavy atom. The normalized spacial score (nSPS) is 12.0. The molecule has 0 spiro atoms. The molecule has 0 bridgehead atoms. The zero-order chi connectivity index (χ0) is 18.7. The van der Waals surface area contributed by atoms with Gasteiger partial charge in [-0.2, -0.15) is 0 Å². The minimum absolute atomic E-state index is 0.0924. The minimum Gasteiger partial charge on any atom is -0.468 e. The van der Waals surface area contributed by atoms with E-state index in [9.17, 15) is 13.6 Å². The summed E-state index contributed by atoms with van der Waals surface area (Å²) in [6.07, 6.45) is 0. The summed E-state index contributed by atoms with van der Waals surface area (Å²) in [5.41, 5.74) is 0.802. The van der Waals surface area contributed by atoms with E-state index >= 15 is 0 Å². The molecule has 3 rings (SSSR count). The maximum Gasteiger partial charge on any atom is 0.318 e. The highest BCUT2D eigenvalue weighted by Gasteiger charge is 2.23. The second-order valence-corrected chi connectivity index (χ2v) is 6.69. The standard InChI is InChI=1S/C18H15F2N3O2S/c1-11(17(24)25-2)26-18-22-21-16(12-6-4-3-5-7-12)23(18)15-9-8-13(19)10-14(15)20/h3-11H,1-2H3/t11-/m0/s1. The minimum atomic E-state index is -0.755.